The summed E-state index contributed by atoms with van der Waals surface area (Å²) in [6.45, 7) is 3.04. The Labute approximate surface area is 176 Å². The molecule has 2 aromatic rings. The van der Waals surface area contributed by atoms with Gasteiger partial charge < -0.3 is 10.6 Å². The van der Waals surface area contributed by atoms with Crippen LogP contribution in [0.3, 0.4) is 0 Å². The van der Waals surface area contributed by atoms with Gasteiger partial charge in [-0.2, -0.15) is 0 Å². The minimum absolute atomic E-state index is 0.363. The van der Waals surface area contributed by atoms with Crippen molar-refractivity contribution >= 4 is 45.4 Å². The summed E-state index contributed by atoms with van der Waals surface area (Å²) in [5.41, 5.74) is 0.163. The van der Waals surface area contributed by atoms with Crippen LogP contribution < -0.4 is 10.6 Å². The second-order valence-corrected chi connectivity index (χ2v) is 8.09. The molecule has 3 rings (SSSR count). The van der Waals surface area contributed by atoms with E-state index in [0.717, 1.165) is 14.9 Å². The molecule has 4 amide bonds. The second kappa shape index (κ2) is 7.93. The van der Waals surface area contributed by atoms with Crippen molar-refractivity contribution in [1.29, 1.82) is 0 Å². The number of amides is 4. The topological polar surface area (TPSA) is 78.5 Å². The van der Waals surface area contributed by atoms with E-state index in [1.807, 2.05) is 18.2 Å². The van der Waals surface area contributed by atoms with Crippen molar-refractivity contribution in [1.82, 2.24) is 15.5 Å². The van der Waals surface area contributed by atoms with E-state index in [0.29, 0.717) is 10.6 Å². The Morgan fingerprint density at radius 2 is 1.96 bits per heavy atom. The maximum atomic E-state index is 12.9. The van der Waals surface area contributed by atoms with Crippen LogP contribution in [0.2, 0.25) is 5.02 Å². The van der Waals surface area contributed by atoms with Crippen LogP contribution in [-0.4, -0.2) is 29.3 Å². The van der Waals surface area contributed by atoms with E-state index < -0.39 is 23.4 Å². The summed E-state index contributed by atoms with van der Waals surface area (Å²) < 4.78 is 0.790. The number of carbonyl (C=O) groups excluding carboxylic acids is 3. The van der Waals surface area contributed by atoms with E-state index in [4.69, 9.17) is 11.6 Å². The minimum Gasteiger partial charge on any atom is -0.348 e. The van der Waals surface area contributed by atoms with Gasteiger partial charge in [0.1, 0.15) is 12.1 Å². The number of imide groups is 1. The Hall–Kier alpha value is -2.38. The van der Waals surface area contributed by atoms with E-state index in [1.54, 1.807) is 44.2 Å². The van der Waals surface area contributed by atoms with Crippen LogP contribution in [-0.2, 0) is 15.1 Å². The monoisotopic (exact) mass is 463 g/mol. The molecule has 1 heterocycles. The zero-order chi connectivity index (χ0) is 20.5. The van der Waals surface area contributed by atoms with Gasteiger partial charge >= 0.3 is 6.03 Å². The van der Waals surface area contributed by atoms with E-state index in [-0.39, 0.29) is 12.6 Å². The Balaban J connectivity index is 1.72. The first-order valence-corrected chi connectivity index (χ1v) is 9.83. The van der Waals surface area contributed by atoms with E-state index in [1.165, 1.54) is 0 Å². The molecule has 146 valence electrons. The molecule has 1 fully saturated rings. The Kier molecular flexibility index (Phi) is 5.76. The molecular weight excluding hydrogens is 446 g/mol. The van der Waals surface area contributed by atoms with Crippen LogP contribution in [0.4, 0.5) is 4.79 Å². The molecule has 0 bridgehead atoms. The van der Waals surface area contributed by atoms with E-state index in [9.17, 15) is 14.4 Å². The third kappa shape index (κ3) is 3.91. The summed E-state index contributed by atoms with van der Waals surface area (Å²) in [6, 6.07) is 13.3. The Morgan fingerprint density at radius 1 is 1.25 bits per heavy atom. The molecule has 2 N–H and O–H groups in total. The highest BCUT2D eigenvalue weighted by Gasteiger charge is 2.49. The Bertz CT molecular complexity index is 952. The molecule has 28 heavy (non-hydrogen) atoms. The van der Waals surface area contributed by atoms with Crippen LogP contribution in [0.25, 0.3) is 0 Å². The normalized spacial score (nSPS) is 20.1. The zero-order valence-electron chi connectivity index (χ0n) is 15.3. The van der Waals surface area contributed by atoms with Gasteiger partial charge in [0, 0.05) is 9.50 Å². The smallest absolute Gasteiger partial charge is 0.325 e. The summed E-state index contributed by atoms with van der Waals surface area (Å²) in [7, 11) is 0. The van der Waals surface area contributed by atoms with Crippen LogP contribution in [0.15, 0.2) is 53.0 Å². The van der Waals surface area contributed by atoms with Gasteiger partial charge in [-0.05, 0) is 43.2 Å². The number of nitrogens with one attached hydrogen (secondary N) is 2. The van der Waals surface area contributed by atoms with E-state index >= 15 is 0 Å². The molecule has 0 aliphatic carbocycles. The molecule has 0 radical (unpaired) electrons. The van der Waals surface area contributed by atoms with Gasteiger partial charge in [-0.15, -0.1) is 0 Å². The molecule has 2 unspecified atom stereocenters. The molecule has 1 aliphatic rings. The molecule has 1 saturated heterocycles. The number of hydrogen-bond acceptors (Lipinski definition) is 3. The summed E-state index contributed by atoms with van der Waals surface area (Å²) >= 11 is 9.52. The standard InChI is InChI=1S/C20H19BrClN3O3/c1-12(15-8-3-4-9-16(15)22)23-17(26)11-25-18(27)20(2,24-19(25)28)13-6-5-7-14(21)10-13/h3-10,12H,11H2,1-2H3,(H,23,26)(H,24,28). The van der Waals surface area contributed by atoms with E-state index in [2.05, 4.69) is 26.6 Å². The minimum atomic E-state index is -1.23. The summed E-state index contributed by atoms with van der Waals surface area (Å²) in [6.07, 6.45) is 0. The number of urea groups is 1. The third-order valence-electron chi connectivity index (χ3n) is 4.73. The van der Waals surface area contributed by atoms with Crippen molar-refractivity contribution in [2.45, 2.75) is 25.4 Å². The van der Waals surface area contributed by atoms with Crippen molar-refractivity contribution in [3.8, 4) is 0 Å². The molecular formula is C20H19BrClN3O3. The maximum absolute atomic E-state index is 12.9. The summed E-state index contributed by atoms with van der Waals surface area (Å²) in [5, 5.41) is 6.00. The number of rotatable bonds is 5. The lowest BCUT2D eigenvalue weighted by molar-refractivity contribution is -0.135. The van der Waals surface area contributed by atoms with Crippen molar-refractivity contribution < 1.29 is 14.4 Å². The number of hydrogen-bond donors (Lipinski definition) is 2. The fourth-order valence-corrected chi connectivity index (χ4v) is 3.87. The van der Waals surface area contributed by atoms with Crippen LogP contribution in [0.1, 0.15) is 31.0 Å². The quantitative estimate of drug-likeness (QED) is 0.662. The van der Waals surface area contributed by atoms with Crippen molar-refractivity contribution in [3.63, 3.8) is 0 Å². The highest BCUT2D eigenvalue weighted by atomic mass is 79.9. The number of benzene rings is 2. The zero-order valence-corrected chi connectivity index (χ0v) is 17.7. The lowest BCUT2D eigenvalue weighted by atomic mass is 9.92. The molecule has 0 saturated carbocycles. The number of carbonyl (C=O) groups is 3. The summed E-state index contributed by atoms with van der Waals surface area (Å²) in [5.74, 6) is -0.925. The second-order valence-electron chi connectivity index (χ2n) is 6.77. The van der Waals surface area contributed by atoms with Crippen molar-refractivity contribution in [2.24, 2.45) is 0 Å². The van der Waals surface area contributed by atoms with Crippen LogP contribution >= 0.6 is 27.5 Å². The Morgan fingerprint density at radius 3 is 2.64 bits per heavy atom. The average molecular weight is 465 g/mol. The number of nitrogens with zero attached hydrogens (tertiary/aromatic N) is 1. The van der Waals surface area contributed by atoms with Crippen LogP contribution in [0.5, 0.6) is 0 Å². The lowest BCUT2D eigenvalue weighted by Gasteiger charge is -2.22. The predicted octanol–water partition coefficient (Wildman–Crippen LogP) is 3.75. The van der Waals surface area contributed by atoms with Crippen LogP contribution in [0, 0.1) is 0 Å². The highest BCUT2D eigenvalue weighted by Crippen LogP contribution is 2.30. The molecule has 0 aromatic heterocycles. The molecule has 1 aliphatic heterocycles. The first kappa shape index (κ1) is 20.4. The van der Waals surface area contributed by atoms with Crippen molar-refractivity contribution in [2.75, 3.05) is 6.54 Å². The van der Waals surface area contributed by atoms with Gasteiger partial charge in [0.2, 0.25) is 5.91 Å². The molecule has 2 aromatic carbocycles. The lowest BCUT2D eigenvalue weighted by Crippen LogP contribution is -2.43. The first-order chi connectivity index (χ1) is 13.2. The predicted molar refractivity (Wildman–Crippen MR) is 110 cm³/mol. The van der Waals surface area contributed by atoms with Gasteiger partial charge in [-0.3, -0.25) is 14.5 Å². The fourth-order valence-electron chi connectivity index (χ4n) is 3.17. The molecule has 0 spiro atoms. The maximum Gasteiger partial charge on any atom is 0.325 e. The third-order valence-corrected chi connectivity index (χ3v) is 5.57. The van der Waals surface area contributed by atoms with Gasteiger partial charge in [0.15, 0.2) is 0 Å². The largest absolute Gasteiger partial charge is 0.348 e. The number of halogens is 2. The highest BCUT2D eigenvalue weighted by molar-refractivity contribution is 9.10. The van der Waals surface area contributed by atoms with Gasteiger partial charge in [-0.1, -0.05) is 57.9 Å². The summed E-state index contributed by atoms with van der Waals surface area (Å²) in [4.78, 5) is 38.7. The average Bonchev–Trinajstić information content (AvgIpc) is 2.86. The van der Waals surface area contributed by atoms with Gasteiger partial charge in [0.05, 0.1) is 6.04 Å². The van der Waals surface area contributed by atoms with Crippen molar-refractivity contribution in [3.05, 3.63) is 69.2 Å². The first-order valence-electron chi connectivity index (χ1n) is 8.66. The van der Waals surface area contributed by atoms with Gasteiger partial charge in [0.25, 0.3) is 5.91 Å². The SMILES string of the molecule is CC(NC(=O)CN1C(=O)NC(C)(c2cccc(Br)c2)C1=O)c1ccccc1Cl. The fraction of sp³-hybridized carbons (Fsp3) is 0.250. The molecule has 6 nitrogen and oxygen atoms in total. The molecule has 8 heteroatoms. The van der Waals surface area contributed by atoms with Gasteiger partial charge in [-0.25, -0.2) is 4.79 Å². The molecule has 2 atom stereocenters.